The molecule has 0 unspecified atom stereocenters. The van der Waals surface area contributed by atoms with Crippen LogP contribution in [-0.4, -0.2) is 31.7 Å². The van der Waals surface area contributed by atoms with Crippen LogP contribution in [-0.2, 0) is 4.79 Å². The summed E-state index contributed by atoms with van der Waals surface area (Å²) in [6, 6.07) is 14.7. The minimum atomic E-state index is -0.433. The Bertz CT molecular complexity index is 1240. The first-order valence-corrected chi connectivity index (χ1v) is 11.5. The number of rotatable bonds is 8. The number of carbonyl (C=O) groups excluding carboxylic acids is 2. The highest BCUT2D eigenvalue weighted by Crippen LogP contribution is 2.36. The molecule has 3 aromatic rings. The normalized spacial score (nSPS) is 10.7. The maximum absolute atomic E-state index is 12.2. The summed E-state index contributed by atoms with van der Waals surface area (Å²) in [5, 5.41) is 7.48. The molecule has 0 aliphatic rings. The fraction of sp³-hybridized carbons (Fsp3) is 0.0870. The summed E-state index contributed by atoms with van der Waals surface area (Å²) in [6.07, 6.45) is 1.41. The van der Waals surface area contributed by atoms with Crippen molar-refractivity contribution in [3.63, 3.8) is 0 Å². The van der Waals surface area contributed by atoms with Gasteiger partial charge in [-0.2, -0.15) is 5.10 Å². The maximum Gasteiger partial charge on any atom is 0.271 e. The Labute approximate surface area is 219 Å². The van der Waals surface area contributed by atoms with Crippen LogP contribution in [0.1, 0.15) is 15.9 Å². The Morgan fingerprint density at radius 1 is 1.00 bits per heavy atom. The Morgan fingerprint density at radius 3 is 2.41 bits per heavy atom. The molecule has 3 aromatic carbocycles. The second-order valence-corrected chi connectivity index (χ2v) is 8.84. The van der Waals surface area contributed by atoms with Crippen molar-refractivity contribution < 1.29 is 19.1 Å². The molecule has 0 saturated carbocycles. The lowest BCUT2D eigenvalue weighted by molar-refractivity contribution is -0.118. The van der Waals surface area contributed by atoms with Crippen LogP contribution in [0.4, 0.5) is 5.69 Å². The van der Waals surface area contributed by atoms with Gasteiger partial charge in [-0.1, -0.05) is 50.7 Å². The molecule has 7 nitrogen and oxygen atoms in total. The summed E-state index contributed by atoms with van der Waals surface area (Å²) in [5.74, 6) is -0.326. The van der Waals surface area contributed by atoms with Crippen molar-refractivity contribution >= 4 is 74.4 Å². The number of hydrogen-bond donors (Lipinski definition) is 2. The van der Waals surface area contributed by atoms with Gasteiger partial charge < -0.3 is 14.8 Å². The van der Waals surface area contributed by atoms with E-state index in [2.05, 4.69) is 31.8 Å². The summed E-state index contributed by atoms with van der Waals surface area (Å²) in [4.78, 5) is 24.4. The van der Waals surface area contributed by atoms with Crippen LogP contribution in [0.2, 0.25) is 15.1 Å². The highest BCUT2D eigenvalue weighted by Gasteiger charge is 2.14. The van der Waals surface area contributed by atoms with Crippen molar-refractivity contribution in [2.24, 2.45) is 5.10 Å². The fourth-order valence-electron chi connectivity index (χ4n) is 2.69. The number of anilines is 1. The first-order valence-electron chi connectivity index (χ1n) is 9.61. The van der Waals surface area contributed by atoms with Crippen LogP contribution in [0.15, 0.2) is 64.2 Å². The number of hydrazone groups is 1. The number of amides is 2. The first-order chi connectivity index (χ1) is 16.3. The van der Waals surface area contributed by atoms with Crippen LogP contribution in [0, 0.1) is 0 Å². The van der Waals surface area contributed by atoms with E-state index < -0.39 is 5.91 Å². The fourth-order valence-corrected chi connectivity index (χ4v) is 3.53. The molecule has 0 radical (unpaired) electrons. The van der Waals surface area contributed by atoms with Gasteiger partial charge in [-0.15, -0.1) is 0 Å². The zero-order valence-corrected chi connectivity index (χ0v) is 21.4. The van der Waals surface area contributed by atoms with Crippen LogP contribution in [0.3, 0.4) is 0 Å². The number of benzene rings is 3. The molecular formula is C23H17BrCl3N3O4. The van der Waals surface area contributed by atoms with Gasteiger partial charge in [0, 0.05) is 15.7 Å². The quantitative estimate of drug-likeness (QED) is 0.243. The third-order valence-electron chi connectivity index (χ3n) is 4.29. The molecule has 11 heteroatoms. The summed E-state index contributed by atoms with van der Waals surface area (Å²) in [7, 11) is 1.44. The highest BCUT2D eigenvalue weighted by atomic mass is 79.9. The molecule has 34 heavy (non-hydrogen) atoms. The molecule has 3 rings (SSSR count). The molecule has 2 amide bonds. The van der Waals surface area contributed by atoms with Gasteiger partial charge in [0.15, 0.2) is 18.1 Å². The van der Waals surface area contributed by atoms with Crippen molar-refractivity contribution in [3.8, 4) is 11.5 Å². The Morgan fingerprint density at radius 2 is 1.74 bits per heavy atom. The molecular weight excluding hydrogens is 569 g/mol. The minimum absolute atomic E-state index is 0.185. The molecule has 176 valence electrons. The largest absolute Gasteiger partial charge is 0.493 e. The summed E-state index contributed by atoms with van der Waals surface area (Å²) >= 11 is 21.5. The van der Waals surface area contributed by atoms with E-state index in [4.69, 9.17) is 44.3 Å². The van der Waals surface area contributed by atoms with Crippen LogP contribution in [0.5, 0.6) is 11.5 Å². The van der Waals surface area contributed by atoms with Gasteiger partial charge in [-0.25, -0.2) is 5.43 Å². The van der Waals surface area contributed by atoms with E-state index in [1.54, 1.807) is 48.5 Å². The van der Waals surface area contributed by atoms with E-state index in [1.807, 2.05) is 0 Å². The standard InChI is InChI=1S/C23H17BrCl3N3O4/c1-33-20-9-13(11-28-30-23(32)14-2-4-15(24)5-3-14)8-19(27)22(20)34-12-21(31)29-16-6-7-17(25)18(26)10-16/h2-11H,12H2,1H3,(H,29,31)(H,30,32)/b28-11+. The smallest absolute Gasteiger partial charge is 0.271 e. The number of ether oxygens (including phenoxy) is 2. The lowest BCUT2D eigenvalue weighted by Crippen LogP contribution is -2.20. The van der Waals surface area contributed by atoms with Crippen molar-refractivity contribution in [1.29, 1.82) is 0 Å². The summed E-state index contributed by atoms with van der Waals surface area (Å²) < 4.78 is 11.8. The SMILES string of the molecule is COc1cc(/C=N/NC(=O)c2ccc(Br)cc2)cc(Cl)c1OCC(=O)Nc1ccc(Cl)c(Cl)c1. The van der Waals surface area contributed by atoms with Crippen LogP contribution in [0.25, 0.3) is 0 Å². The molecule has 2 N–H and O–H groups in total. The van der Waals surface area contributed by atoms with Crippen molar-refractivity contribution in [2.75, 3.05) is 19.0 Å². The Kier molecular flexibility index (Phi) is 9.18. The van der Waals surface area contributed by atoms with E-state index in [9.17, 15) is 9.59 Å². The molecule has 0 spiro atoms. The van der Waals surface area contributed by atoms with Gasteiger partial charge in [0.05, 0.1) is 28.4 Å². The third-order valence-corrected chi connectivity index (χ3v) is 5.84. The molecule has 0 aromatic heterocycles. The van der Waals surface area contributed by atoms with E-state index in [0.29, 0.717) is 26.9 Å². The van der Waals surface area contributed by atoms with Crippen LogP contribution < -0.4 is 20.2 Å². The molecule has 0 heterocycles. The average molecular weight is 586 g/mol. The predicted molar refractivity (Wildman–Crippen MR) is 138 cm³/mol. The van der Waals surface area contributed by atoms with Gasteiger partial charge in [0.1, 0.15) is 0 Å². The summed E-state index contributed by atoms with van der Waals surface area (Å²) in [6.45, 7) is -0.326. The lowest BCUT2D eigenvalue weighted by atomic mass is 10.2. The molecule has 0 aliphatic carbocycles. The zero-order chi connectivity index (χ0) is 24.7. The molecule has 0 saturated heterocycles. The second kappa shape index (κ2) is 12.1. The summed E-state index contributed by atoms with van der Waals surface area (Å²) in [5.41, 5.74) is 3.91. The monoisotopic (exact) mass is 583 g/mol. The van der Waals surface area contributed by atoms with Gasteiger partial charge >= 0.3 is 0 Å². The van der Waals surface area contributed by atoms with E-state index in [1.165, 1.54) is 19.4 Å². The molecule has 0 atom stereocenters. The average Bonchev–Trinajstić information content (AvgIpc) is 2.80. The number of methoxy groups -OCH3 is 1. The van der Waals surface area contributed by atoms with Gasteiger partial charge in [0.25, 0.3) is 11.8 Å². The zero-order valence-electron chi connectivity index (χ0n) is 17.6. The maximum atomic E-state index is 12.2. The lowest BCUT2D eigenvalue weighted by Gasteiger charge is -2.13. The minimum Gasteiger partial charge on any atom is -0.493 e. The number of halogens is 4. The van der Waals surface area contributed by atoms with Crippen molar-refractivity contribution in [3.05, 3.63) is 85.3 Å². The second-order valence-electron chi connectivity index (χ2n) is 6.71. The Balaban J connectivity index is 1.62. The van der Waals surface area contributed by atoms with Crippen molar-refractivity contribution in [1.82, 2.24) is 5.43 Å². The third kappa shape index (κ3) is 7.11. The number of carbonyl (C=O) groups is 2. The van der Waals surface area contributed by atoms with E-state index >= 15 is 0 Å². The van der Waals surface area contributed by atoms with Gasteiger partial charge in [-0.05, 0) is 60.2 Å². The first kappa shape index (κ1) is 25.8. The van der Waals surface area contributed by atoms with Crippen LogP contribution >= 0.6 is 50.7 Å². The highest BCUT2D eigenvalue weighted by molar-refractivity contribution is 9.10. The molecule has 0 bridgehead atoms. The predicted octanol–water partition coefficient (Wildman–Crippen LogP) is 6.20. The molecule has 0 fully saturated rings. The Hall–Kier alpha value is -2.78. The number of nitrogens with one attached hydrogen (secondary N) is 2. The van der Waals surface area contributed by atoms with Gasteiger partial charge in [0.2, 0.25) is 0 Å². The number of hydrogen-bond acceptors (Lipinski definition) is 5. The van der Waals surface area contributed by atoms with Gasteiger partial charge in [-0.3, -0.25) is 9.59 Å². The van der Waals surface area contributed by atoms with E-state index in [0.717, 1.165) is 4.47 Å². The van der Waals surface area contributed by atoms with Crippen molar-refractivity contribution in [2.45, 2.75) is 0 Å². The molecule has 0 aliphatic heterocycles. The van der Waals surface area contributed by atoms with E-state index in [-0.39, 0.29) is 29.0 Å². The topological polar surface area (TPSA) is 89.0 Å². The number of nitrogens with zero attached hydrogens (tertiary/aromatic N) is 1.